The number of carbonyl (C=O) groups excluding carboxylic acids is 1. The van der Waals surface area contributed by atoms with Crippen LogP contribution >= 0.6 is 11.8 Å². The maximum Gasteiger partial charge on any atom is 0.230 e. The van der Waals surface area contributed by atoms with E-state index in [9.17, 15) is 4.79 Å². The van der Waals surface area contributed by atoms with Crippen molar-refractivity contribution in [2.75, 3.05) is 31.9 Å². The van der Waals surface area contributed by atoms with Crippen LogP contribution in [0.4, 0.5) is 0 Å². The fourth-order valence-corrected chi connectivity index (χ4v) is 3.46. The second-order valence-electron chi connectivity index (χ2n) is 5.82. The van der Waals surface area contributed by atoms with Crippen LogP contribution in [0.1, 0.15) is 20.3 Å². The third-order valence-electron chi connectivity index (χ3n) is 3.58. The van der Waals surface area contributed by atoms with Gasteiger partial charge in [0, 0.05) is 31.1 Å². The second kappa shape index (κ2) is 9.18. The Kier molecular flexibility index (Phi) is 7.22. The summed E-state index contributed by atoms with van der Waals surface area (Å²) in [5.74, 6) is 0.591. The molecule has 0 bridgehead atoms. The first-order chi connectivity index (χ1) is 10.6. The lowest BCUT2D eigenvalue weighted by atomic mass is 10.2. The third kappa shape index (κ3) is 6.38. The van der Waals surface area contributed by atoms with Crippen LogP contribution < -0.4 is 5.32 Å². The summed E-state index contributed by atoms with van der Waals surface area (Å²) in [4.78, 5) is 15.4. The number of nitrogens with zero attached hydrogens (tertiary/aromatic N) is 1. The van der Waals surface area contributed by atoms with Crippen LogP contribution in [0.25, 0.3) is 0 Å². The van der Waals surface area contributed by atoms with Gasteiger partial charge in [0.25, 0.3) is 0 Å². The highest BCUT2D eigenvalue weighted by Gasteiger charge is 2.21. The number of hydrogen-bond donors (Lipinski definition) is 1. The summed E-state index contributed by atoms with van der Waals surface area (Å²) in [6.07, 6.45) is 1.60. The molecule has 22 heavy (non-hydrogen) atoms. The predicted octanol–water partition coefficient (Wildman–Crippen LogP) is 2.39. The number of rotatable bonds is 7. The van der Waals surface area contributed by atoms with E-state index in [1.165, 1.54) is 0 Å². The molecule has 2 rings (SSSR count). The van der Waals surface area contributed by atoms with Gasteiger partial charge in [-0.1, -0.05) is 18.2 Å². The molecule has 122 valence electrons. The zero-order chi connectivity index (χ0) is 15.8. The fourth-order valence-electron chi connectivity index (χ4n) is 2.71. The Hall–Kier alpha value is -1.04. The summed E-state index contributed by atoms with van der Waals surface area (Å²) in [6.45, 7) is 7.97. The van der Waals surface area contributed by atoms with Gasteiger partial charge in [0.15, 0.2) is 0 Å². The van der Waals surface area contributed by atoms with Gasteiger partial charge >= 0.3 is 0 Å². The molecule has 4 nitrogen and oxygen atoms in total. The summed E-state index contributed by atoms with van der Waals surface area (Å²) in [6, 6.07) is 10.0. The Morgan fingerprint density at radius 1 is 1.27 bits per heavy atom. The van der Waals surface area contributed by atoms with E-state index in [2.05, 4.69) is 24.1 Å². The molecule has 1 amide bonds. The zero-order valence-corrected chi connectivity index (χ0v) is 14.3. The SMILES string of the molecule is CC1CN(CCCNC(=O)CSc2ccccc2)CC(C)O1. The number of amides is 1. The van der Waals surface area contributed by atoms with E-state index in [4.69, 9.17) is 4.74 Å². The highest BCUT2D eigenvalue weighted by atomic mass is 32.2. The van der Waals surface area contributed by atoms with Crippen LogP contribution in [0.5, 0.6) is 0 Å². The molecular weight excluding hydrogens is 296 g/mol. The van der Waals surface area contributed by atoms with E-state index in [0.717, 1.165) is 37.5 Å². The first kappa shape index (κ1) is 17.3. The van der Waals surface area contributed by atoms with Gasteiger partial charge in [-0.2, -0.15) is 0 Å². The summed E-state index contributed by atoms with van der Waals surface area (Å²) < 4.78 is 5.72. The van der Waals surface area contributed by atoms with Crippen LogP contribution in [-0.4, -0.2) is 54.9 Å². The van der Waals surface area contributed by atoms with E-state index >= 15 is 0 Å². The summed E-state index contributed by atoms with van der Waals surface area (Å²) in [5, 5.41) is 3.00. The minimum atomic E-state index is 0.109. The molecule has 0 aromatic heterocycles. The minimum absolute atomic E-state index is 0.109. The summed E-state index contributed by atoms with van der Waals surface area (Å²) >= 11 is 1.58. The minimum Gasteiger partial charge on any atom is -0.373 e. The molecule has 1 N–H and O–H groups in total. The van der Waals surface area contributed by atoms with Crippen molar-refractivity contribution in [3.05, 3.63) is 30.3 Å². The number of morpholine rings is 1. The molecule has 2 unspecified atom stereocenters. The van der Waals surface area contributed by atoms with Gasteiger partial charge in [-0.25, -0.2) is 0 Å². The van der Waals surface area contributed by atoms with Crippen LogP contribution in [-0.2, 0) is 9.53 Å². The summed E-state index contributed by atoms with van der Waals surface area (Å²) in [7, 11) is 0. The van der Waals surface area contributed by atoms with Gasteiger partial charge in [0.1, 0.15) is 0 Å². The van der Waals surface area contributed by atoms with Gasteiger partial charge in [-0.05, 0) is 32.4 Å². The number of benzene rings is 1. The van der Waals surface area contributed by atoms with Gasteiger partial charge in [-0.3, -0.25) is 9.69 Å². The highest BCUT2D eigenvalue weighted by molar-refractivity contribution is 8.00. The van der Waals surface area contributed by atoms with Crippen LogP contribution in [0.2, 0.25) is 0 Å². The van der Waals surface area contributed by atoms with E-state index < -0.39 is 0 Å². The van der Waals surface area contributed by atoms with Crippen LogP contribution in [0, 0.1) is 0 Å². The molecule has 0 radical (unpaired) electrons. The summed E-state index contributed by atoms with van der Waals surface area (Å²) in [5.41, 5.74) is 0. The van der Waals surface area contributed by atoms with Crippen LogP contribution in [0.15, 0.2) is 35.2 Å². The predicted molar refractivity (Wildman–Crippen MR) is 91.2 cm³/mol. The second-order valence-corrected chi connectivity index (χ2v) is 6.87. The largest absolute Gasteiger partial charge is 0.373 e. The third-order valence-corrected chi connectivity index (χ3v) is 4.59. The fraction of sp³-hybridized carbons (Fsp3) is 0.588. The molecule has 1 heterocycles. The number of thioether (sulfide) groups is 1. The maximum absolute atomic E-state index is 11.8. The lowest BCUT2D eigenvalue weighted by Crippen LogP contribution is -2.46. The highest BCUT2D eigenvalue weighted by Crippen LogP contribution is 2.16. The topological polar surface area (TPSA) is 41.6 Å². The quantitative estimate of drug-likeness (QED) is 0.618. The van der Waals surface area contributed by atoms with Gasteiger partial charge in [-0.15, -0.1) is 11.8 Å². The molecule has 1 saturated heterocycles. The monoisotopic (exact) mass is 322 g/mol. The first-order valence-electron chi connectivity index (χ1n) is 7.96. The molecule has 1 aliphatic heterocycles. The van der Waals surface area contributed by atoms with Crippen molar-refractivity contribution < 1.29 is 9.53 Å². The van der Waals surface area contributed by atoms with Gasteiger partial charge in [0.2, 0.25) is 5.91 Å². The smallest absolute Gasteiger partial charge is 0.230 e. The molecule has 0 aliphatic carbocycles. The van der Waals surface area contributed by atoms with E-state index in [0.29, 0.717) is 18.0 Å². The normalized spacial score (nSPS) is 22.5. The van der Waals surface area contributed by atoms with E-state index in [1.54, 1.807) is 11.8 Å². The number of ether oxygens (including phenoxy) is 1. The molecule has 0 saturated carbocycles. The lowest BCUT2D eigenvalue weighted by molar-refractivity contribution is -0.118. The molecule has 5 heteroatoms. The molecule has 1 aromatic carbocycles. The van der Waals surface area contributed by atoms with Crippen molar-refractivity contribution in [2.45, 2.75) is 37.4 Å². The standard InChI is InChI=1S/C17H26N2O2S/c1-14-11-19(12-15(2)21-14)10-6-9-18-17(20)13-22-16-7-4-3-5-8-16/h3-5,7-8,14-15H,6,9-13H2,1-2H3,(H,18,20). The molecule has 0 spiro atoms. The Bertz CT molecular complexity index is 445. The van der Waals surface area contributed by atoms with Crippen molar-refractivity contribution in [3.8, 4) is 0 Å². The molecule has 1 aliphatic rings. The molecule has 1 aromatic rings. The van der Waals surface area contributed by atoms with Crippen molar-refractivity contribution >= 4 is 17.7 Å². The lowest BCUT2D eigenvalue weighted by Gasteiger charge is -2.35. The van der Waals surface area contributed by atoms with Crippen molar-refractivity contribution in [3.63, 3.8) is 0 Å². The average molecular weight is 322 g/mol. The number of nitrogens with one attached hydrogen (secondary N) is 1. The Labute approximate surface area is 137 Å². The van der Waals surface area contributed by atoms with Crippen molar-refractivity contribution in [1.82, 2.24) is 10.2 Å². The average Bonchev–Trinajstić information content (AvgIpc) is 2.50. The molecule has 1 fully saturated rings. The van der Waals surface area contributed by atoms with Crippen LogP contribution in [0.3, 0.4) is 0 Å². The number of hydrogen-bond acceptors (Lipinski definition) is 4. The molecule has 2 atom stereocenters. The maximum atomic E-state index is 11.8. The zero-order valence-electron chi connectivity index (χ0n) is 13.5. The van der Waals surface area contributed by atoms with E-state index in [-0.39, 0.29) is 5.91 Å². The molecular formula is C17H26N2O2S. The Balaban J connectivity index is 1.55. The first-order valence-corrected chi connectivity index (χ1v) is 8.94. The Morgan fingerprint density at radius 3 is 2.64 bits per heavy atom. The van der Waals surface area contributed by atoms with Gasteiger partial charge in [0.05, 0.1) is 18.0 Å². The number of carbonyl (C=O) groups is 1. The van der Waals surface area contributed by atoms with Gasteiger partial charge < -0.3 is 10.1 Å². The van der Waals surface area contributed by atoms with Crippen molar-refractivity contribution in [2.24, 2.45) is 0 Å². The van der Waals surface area contributed by atoms with E-state index in [1.807, 2.05) is 30.3 Å². The Morgan fingerprint density at radius 2 is 1.95 bits per heavy atom. The van der Waals surface area contributed by atoms with Crippen molar-refractivity contribution in [1.29, 1.82) is 0 Å².